The van der Waals surface area contributed by atoms with Gasteiger partial charge in [0.25, 0.3) is 0 Å². The first-order valence-corrected chi connectivity index (χ1v) is 5.70. The summed E-state index contributed by atoms with van der Waals surface area (Å²) in [6.07, 6.45) is 2.26. The third-order valence-corrected chi connectivity index (χ3v) is 3.10. The van der Waals surface area contributed by atoms with Crippen molar-refractivity contribution in [3.63, 3.8) is 0 Å². The topological polar surface area (TPSA) is 32.3 Å². The first-order valence-electron chi connectivity index (χ1n) is 5.70. The summed E-state index contributed by atoms with van der Waals surface area (Å²) in [4.78, 5) is 0. The summed E-state index contributed by atoms with van der Waals surface area (Å²) in [5.41, 5.74) is 2.63. The summed E-state index contributed by atoms with van der Waals surface area (Å²) in [6, 6.07) is 8.36. The minimum Gasteiger partial charge on any atom is -0.392 e. The van der Waals surface area contributed by atoms with E-state index in [0.717, 1.165) is 13.1 Å². The van der Waals surface area contributed by atoms with Crippen molar-refractivity contribution < 1.29 is 5.11 Å². The summed E-state index contributed by atoms with van der Waals surface area (Å²) in [5.74, 6) is 0.564. The number of hydrogen-bond donors (Lipinski definition) is 2. The maximum absolute atomic E-state index is 9.67. The van der Waals surface area contributed by atoms with Crippen molar-refractivity contribution in [1.82, 2.24) is 5.32 Å². The maximum atomic E-state index is 9.67. The van der Waals surface area contributed by atoms with Gasteiger partial charge in [0.1, 0.15) is 0 Å². The average Bonchev–Trinajstić information content (AvgIpc) is 3.04. The van der Waals surface area contributed by atoms with Crippen molar-refractivity contribution in [2.75, 3.05) is 6.54 Å². The quantitative estimate of drug-likeness (QED) is 0.769. The van der Waals surface area contributed by atoms with Crippen molar-refractivity contribution in [2.45, 2.75) is 32.4 Å². The largest absolute Gasteiger partial charge is 0.392 e. The normalized spacial score (nSPS) is 17.7. The van der Waals surface area contributed by atoms with E-state index in [1.807, 2.05) is 0 Å². The summed E-state index contributed by atoms with van der Waals surface area (Å²) in [5, 5.41) is 13.0. The maximum Gasteiger partial charge on any atom is 0.0692 e. The molecule has 1 unspecified atom stereocenters. The van der Waals surface area contributed by atoms with Crippen LogP contribution in [0.3, 0.4) is 0 Å². The van der Waals surface area contributed by atoms with Gasteiger partial charge in [-0.1, -0.05) is 24.3 Å². The monoisotopic (exact) mass is 205 g/mol. The summed E-state index contributed by atoms with van der Waals surface area (Å²) in [7, 11) is 0. The van der Waals surface area contributed by atoms with Crippen LogP contribution in [0.15, 0.2) is 24.3 Å². The molecular weight excluding hydrogens is 186 g/mol. The Morgan fingerprint density at radius 2 is 2.13 bits per heavy atom. The van der Waals surface area contributed by atoms with Crippen molar-refractivity contribution in [3.05, 3.63) is 35.4 Å². The van der Waals surface area contributed by atoms with E-state index in [0.29, 0.717) is 5.92 Å². The lowest BCUT2D eigenvalue weighted by Crippen LogP contribution is -2.28. The molecule has 82 valence electrons. The molecule has 0 saturated heterocycles. The molecule has 1 aromatic carbocycles. The molecule has 0 spiro atoms. The molecule has 2 rings (SSSR count). The SMILES string of the molecule is Cc1ccccc1CNCC(O)C1CC1. The predicted octanol–water partition coefficient (Wildman–Crippen LogP) is 1.86. The van der Waals surface area contributed by atoms with Crippen LogP contribution in [0.25, 0.3) is 0 Å². The second-order valence-corrected chi connectivity index (χ2v) is 4.46. The van der Waals surface area contributed by atoms with Crippen LogP contribution in [-0.2, 0) is 6.54 Å². The van der Waals surface area contributed by atoms with E-state index in [9.17, 15) is 5.11 Å². The zero-order chi connectivity index (χ0) is 10.7. The molecule has 1 aliphatic rings. The molecule has 0 amide bonds. The number of benzene rings is 1. The number of rotatable bonds is 5. The molecular formula is C13H19NO. The minimum atomic E-state index is -0.144. The fourth-order valence-corrected chi connectivity index (χ4v) is 1.81. The number of hydrogen-bond acceptors (Lipinski definition) is 2. The van der Waals surface area contributed by atoms with Crippen LogP contribution in [0.4, 0.5) is 0 Å². The Labute approximate surface area is 91.3 Å². The second-order valence-electron chi connectivity index (χ2n) is 4.46. The fraction of sp³-hybridized carbons (Fsp3) is 0.538. The summed E-state index contributed by atoms with van der Waals surface area (Å²) in [6.45, 7) is 3.70. The highest BCUT2D eigenvalue weighted by molar-refractivity contribution is 5.25. The molecule has 2 nitrogen and oxygen atoms in total. The average molecular weight is 205 g/mol. The summed E-state index contributed by atoms with van der Waals surface area (Å²) >= 11 is 0. The molecule has 0 radical (unpaired) electrons. The van der Waals surface area contributed by atoms with Gasteiger partial charge >= 0.3 is 0 Å². The molecule has 0 aliphatic heterocycles. The summed E-state index contributed by atoms with van der Waals surface area (Å²) < 4.78 is 0. The standard InChI is InChI=1S/C13H19NO/c1-10-4-2-3-5-12(10)8-14-9-13(15)11-6-7-11/h2-5,11,13-15H,6-9H2,1H3. The Morgan fingerprint density at radius 3 is 2.80 bits per heavy atom. The van der Waals surface area contributed by atoms with Crippen molar-refractivity contribution in [1.29, 1.82) is 0 Å². The van der Waals surface area contributed by atoms with E-state index < -0.39 is 0 Å². The lowest BCUT2D eigenvalue weighted by Gasteiger charge is -2.11. The smallest absolute Gasteiger partial charge is 0.0692 e. The lowest BCUT2D eigenvalue weighted by molar-refractivity contribution is 0.148. The lowest BCUT2D eigenvalue weighted by atomic mass is 10.1. The third kappa shape index (κ3) is 3.05. The predicted molar refractivity (Wildman–Crippen MR) is 61.6 cm³/mol. The van der Waals surface area contributed by atoms with Crippen molar-refractivity contribution in [2.24, 2.45) is 5.92 Å². The van der Waals surface area contributed by atoms with Gasteiger partial charge in [-0.15, -0.1) is 0 Å². The second kappa shape index (κ2) is 4.77. The number of aliphatic hydroxyl groups is 1. The van der Waals surface area contributed by atoms with Gasteiger partial charge in [-0.25, -0.2) is 0 Å². The van der Waals surface area contributed by atoms with Crippen LogP contribution in [0, 0.1) is 12.8 Å². The van der Waals surface area contributed by atoms with E-state index in [2.05, 4.69) is 36.5 Å². The van der Waals surface area contributed by atoms with Crippen LogP contribution in [0.5, 0.6) is 0 Å². The molecule has 2 N–H and O–H groups in total. The van der Waals surface area contributed by atoms with E-state index in [1.165, 1.54) is 24.0 Å². The van der Waals surface area contributed by atoms with Gasteiger partial charge in [-0.05, 0) is 36.8 Å². The van der Waals surface area contributed by atoms with Gasteiger partial charge in [-0.3, -0.25) is 0 Å². The minimum absolute atomic E-state index is 0.144. The molecule has 0 bridgehead atoms. The van der Waals surface area contributed by atoms with Crippen LogP contribution >= 0.6 is 0 Å². The van der Waals surface area contributed by atoms with Crippen molar-refractivity contribution in [3.8, 4) is 0 Å². The Hall–Kier alpha value is -0.860. The molecule has 1 saturated carbocycles. The molecule has 0 heterocycles. The Bertz CT molecular complexity index is 320. The van der Waals surface area contributed by atoms with Crippen LogP contribution in [0.2, 0.25) is 0 Å². The van der Waals surface area contributed by atoms with E-state index in [1.54, 1.807) is 0 Å². The first kappa shape index (κ1) is 10.7. The van der Waals surface area contributed by atoms with Gasteiger partial charge in [-0.2, -0.15) is 0 Å². The molecule has 1 aromatic rings. The highest BCUT2D eigenvalue weighted by atomic mass is 16.3. The Morgan fingerprint density at radius 1 is 1.40 bits per heavy atom. The highest BCUT2D eigenvalue weighted by Gasteiger charge is 2.28. The van der Waals surface area contributed by atoms with Crippen LogP contribution in [-0.4, -0.2) is 17.8 Å². The number of nitrogens with one attached hydrogen (secondary N) is 1. The van der Waals surface area contributed by atoms with Crippen molar-refractivity contribution >= 4 is 0 Å². The molecule has 15 heavy (non-hydrogen) atoms. The fourth-order valence-electron chi connectivity index (χ4n) is 1.81. The van der Waals surface area contributed by atoms with Crippen LogP contribution < -0.4 is 5.32 Å². The van der Waals surface area contributed by atoms with E-state index in [4.69, 9.17) is 0 Å². The number of aryl methyl sites for hydroxylation is 1. The van der Waals surface area contributed by atoms with Gasteiger partial charge in [0, 0.05) is 13.1 Å². The first-order chi connectivity index (χ1) is 7.27. The zero-order valence-corrected chi connectivity index (χ0v) is 9.24. The highest BCUT2D eigenvalue weighted by Crippen LogP contribution is 2.32. The Balaban J connectivity index is 1.75. The molecule has 2 heteroatoms. The molecule has 1 fully saturated rings. The third-order valence-electron chi connectivity index (χ3n) is 3.10. The molecule has 1 atom stereocenters. The molecule has 1 aliphatic carbocycles. The molecule has 0 aromatic heterocycles. The van der Waals surface area contributed by atoms with Gasteiger partial charge < -0.3 is 10.4 Å². The van der Waals surface area contributed by atoms with Gasteiger partial charge in [0.2, 0.25) is 0 Å². The van der Waals surface area contributed by atoms with Crippen LogP contribution in [0.1, 0.15) is 24.0 Å². The Kier molecular flexibility index (Phi) is 3.39. The van der Waals surface area contributed by atoms with Gasteiger partial charge in [0.15, 0.2) is 0 Å². The zero-order valence-electron chi connectivity index (χ0n) is 9.24. The van der Waals surface area contributed by atoms with E-state index in [-0.39, 0.29) is 6.10 Å². The van der Waals surface area contributed by atoms with Gasteiger partial charge in [0.05, 0.1) is 6.10 Å². The number of aliphatic hydroxyl groups excluding tert-OH is 1. The van der Waals surface area contributed by atoms with E-state index >= 15 is 0 Å².